The van der Waals surface area contributed by atoms with E-state index in [1.165, 1.54) is 0 Å². The topological polar surface area (TPSA) is 26.0 Å². The molecule has 0 saturated heterocycles. The first kappa shape index (κ1) is 6.26. The van der Waals surface area contributed by atoms with Gasteiger partial charge in [-0.1, -0.05) is 12.0 Å². The molecule has 0 aliphatic carbocycles. The van der Waals surface area contributed by atoms with Gasteiger partial charge in [-0.2, -0.15) is 0 Å². The average Bonchev–Trinajstić information content (AvgIpc) is 1.72. The second-order valence-corrected chi connectivity index (χ2v) is 1.24. The smallest absolute Gasteiger partial charge is 0.0500 e. The lowest BCUT2D eigenvalue weighted by molar-refractivity contribution is 0.851. The Morgan fingerprint density at radius 2 is 2.57 bits per heavy atom. The quantitative estimate of drug-likeness (QED) is 0.389. The normalized spacial score (nSPS) is 12.0. The molecule has 0 amide bonds. The molecule has 0 aromatic heterocycles. The van der Waals surface area contributed by atoms with E-state index in [2.05, 4.69) is 12.5 Å². The maximum absolute atomic E-state index is 5.18. The van der Waals surface area contributed by atoms with E-state index in [4.69, 9.17) is 12.2 Å². The van der Waals surface area contributed by atoms with Gasteiger partial charge in [-0.15, -0.1) is 13.0 Å². The van der Waals surface area contributed by atoms with Gasteiger partial charge in [-0.25, -0.2) is 0 Å². The zero-order valence-electron chi connectivity index (χ0n) is 4.22. The fourth-order valence-corrected chi connectivity index (χ4v) is 0.232. The zero-order chi connectivity index (χ0) is 5.70. The van der Waals surface area contributed by atoms with Crippen LogP contribution in [0.3, 0.4) is 0 Å². The minimum Gasteiger partial charge on any atom is -0.329 e. The highest BCUT2D eigenvalue weighted by atomic mass is 14.5. The van der Waals surface area contributed by atoms with Crippen LogP contribution in [0.1, 0.15) is 0 Å². The van der Waals surface area contributed by atoms with Gasteiger partial charge in [0.05, 0.1) is 0 Å². The van der Waals surface area contributed by atoms with Crippen molar-refractivity contribution in [1.29, 1.82) is 0 Å². The molecular formula is C6H9N. The Kier molecular flexibility index (Phi) is 3.09. The molecule has 0 heterocycles. The lowest BCUT2D eigenvalue weighted by atomic mass is 10.2. The van der Waals surface area contributed by atoms with Crippen molar-refractivity contribution in [2.75, 3.05) is 6.54 Å². The molecule has 0 bridgehead atoms. The van der Waals surface area contributed by atoms with Crippen molar-refractivity contribution in [2.24, 2.45) is 11.7 Å². The molecule has 0 spiro atoms. The van der Waals surface area contributed by atoms with E-state index in [9.17, 15) is 0 Å². The molecule has 0 saturated carbocycles. The van der Waals surface area contributed by atoms with Gasteiger partial charge in [0.2, 0.25) is 0 Å². The Hall–Kier alpha value is -0.740. The molecule has 0 aromatic carbocycles. The van der Waals surface area contributed by atoms with E-state index in [1.807, 2.05) is 0 Å². The van der Waals surface area contributed by atoms with E-state index < -0.39 is 0 Å². The van der Waals surface area contributed by atoms with E-state index in [-0.39, 0.29) is 5.92 Å². The summed E-state index contributed by atoms with van der Waals surface area (Å²) in [6.07, 6.45) is 6.66. The van der Waals surface area contributed by atoms with E-state index >= 15 is 0 Å². The lowest BCUT2D eigenvalue weighted by Crippen LogP contribution is -2.08. The minimum atomic E-state index is 0.0556. The molecule has 38 valence electrons. The van der Waals surface area contributed by atoms with E-state index in [0.29, 0.717) is 6.54 Å². The van der Waals surface area contributed by atoms with Crippen LogP contribution in [0.2, 0.25) is 0 Å². The molecular weight excluding hydrogens is 86.1 g/mol. The van der Waals surface area contributed by atoms with Gasteiger partial charge < -0.3 is 5.73 Å². The SMILES string of the molecule is C#CC(C=C)CN. The first-order valence-corrected chi connectivity index (χ1v) is 2.14. The molecule has 0 rings (SSSR count). The second-order valence-electron chi connectivity index (χ2n) is 1.24. The van der Waals surface area contributed by atoms with Crippen molar-refractivity contribution >= 4 is 0 Å². The minimum absolute atomic E-state index is 0.0556. The molecule has 0 radical (unpaired) electrons. The molecule has 0 aromatic rings. The average molecular weight is 95.1 g/mol. The van der Waals surface area contributed by atoms with Crippen LogP contribution in [0, 0.1) is 18.3 Å². The fraction of sp³-hybridized carbons (Fsp3) is 0.333. The van der Waals surface area contributed by atoms with Gasteiger partial charge in [0.1, 0.15) is 0 Å². The Labute approximate surface area is 44.2 Å². The van der Waals surface area contributed by atoms with Gasteiger partial charge in [0, 0.05) is 12.5 Å². The summed E-state index contributed by atoms with van der Waals surface area (Å²) in [4.78, 5) is 0. The van der Waals surface area contributed by atoms with Gasteiger partial charge in [0.15, 0.2) is 0 Å². The summed E-state index contributed by atoms with van der Waals surface area (Å²) in [5.74, 6) is 2.51. The summed E-state index contributed by atoms with van der Waals surface area (Å²) >= 11 is 0. The summed E-state index contributed by atoms with van der Waals surface area (Å²) in [6.45, 7) is 3.98. The van der Waals surface area contributed by atoms with Crippen LogP contribution in [-0.4, -0.2) is 6.54 Å². The first-order valence-electron chi connectivity index (χ1n) is 2.14. The Balaban J connectivity index is 3.43. The number of rotatable bonds is 2. The lowest BCUT2D eigenvalue weighted by Gasteiger charge is -1.94. The van der Waals surface area contributed by atoms with Crippen molar-refractivity contribution in [2.45, 2.75) is 0 Å². The van der Waals surface area contributed by atoms with Crippen LogP contribution in [-0.2, 0) is 0 Å². The maximum Gasteiger partial charge on any atom is 0.0500 e. The maximum atomic E-state index is 5.18. The van der Waals surface area contributed by atoms with Crippen LogP contribution in [0.25, 0.3) is 0 Å². The Morgan fingerprint density at radius 1 is 2.00 bits per heavy atom. The molecule has 1 unspecified atom stereocenters. The third-order valence-corrected chi connectivity index (χ3v) is 0.753. The van der Waals surface area contributed by atoms with Gasteiger partial charge in [-0.3, -0.25) is 0 Å². The summed E-state index contributed by atoms with van der Waals surface area (Å²) in [7, 11) is 0. The number of hydrogen-bond acceptors (Lipinski definition) is 1. The fourth-order valence-electron chi connectivity index (χ4n) is 0.232. The third-order valence-electron chi connectivity index (χ3n) is 0.753. The number of nitrogens with two attached hydrogens (primary N) is 1. The van der Waals surface area contributed by atoms with Gasteiger partial charge in [-0.05, 0) is 0 Å². The van der Waals surface area contributed by atoms with E-state index in [0.717, 1.165) is 0 Å². The van der Waals surface area contributed by atoms with Crippen molar-refractivity contribution in [3.63, 3.8) is 0 Å². The molecule has 0 aliphatic heterocycles. The highest BCUT2D eigenvalue weighted by Gasteiger charge is 1.89. The van der Waals surface area contributed by atoms with Crippen molar-refractivity contribution in [3.8, 4) is 12.3 Å². The predicted octanol–water partition coefficient (Wildman–Crippen LogP) is 0.381. The largest absolute Gasteiger partial charge is 0.329 e. The third kappa shape index (κ3) is 2.02. The highest BCUT2D eigenvalue weighted by molar-refractivity contribution is 5.02. The summed E-state index contributed by atoms with van der Waals surface area (Å²) in [6, 6.07) is 0. The molecule has 2 N–H and O–H groups in total. The van der Waals surface area contributed by atoms with Gasteiger partial charge in [0.25, 0.3) is 0 Å². The molecule has 1 atom stereocenters. The summed E-state index contributed by atoms with van der Waals surface area (Å²) < 4.78 is 0. The summed E-state index contributed by atoms with van der Waals surface area (Å²) in [5.41, 5.74) is 5.18. The van der Waals surface area contributed by atoms with E-state index in [1.54, 1.807) is 6.08 Å². The van der Waals surface area contributed by atoms with Crippen LogP contribution < -0.4 is 5.73 Å². The Bertz CT molecular complexity index is 88.8. The van der Waals surface area contributed by atoms with Gasteiger partial charge >= 0.3 is 0 Å². The van der Waals surface area contributed by atoms with Crippen LogP contribution in [0.4, 0.5) is 0 Å². The highest BCUT2D eigenvalue weighted by Crippen LogP contribution is 1.87. The Morgan fingerprint density at radius 3 is 2.57 bits per heavy atom. The van der Waals surface area contributed by atoms with Crippen LogP contribution in [0.15, 0.2) is 12.7 Å². The first-order chi connectivity index (χ1) is 3.35. The second kappa shape index (κ2) is 3.45. The monoisotopic (exact) mass is 95.1 g/mol. The molecule has 0 fully saturated rings. The molecule has 0 aliphatic rings. The van der Waals surface area contributed by atoms with Crippen molar-refractivity contribution in [3.05, 3.63) is 12.7 Å². The van der Waals surface area contributed by atoms with Crippen LogP contribution in [0.5, 0.6) is 0 Å². The molecule has 1 nitrogen and oxygen atoms in total. The molecule has 7 heavy (non-hydrogen) atoms. The predicted molar refractivity (Wildman–Crippen MR) is 31.6 cm³/mol. The van der Waals surface area contributed by atoms with Crippen LogP contribution >= 0.6 is 0 Å². The van der Waals surface area contributed by atoms with Crippen molar-refractivity contribution < 1.29 is 0 Å². The standard InChI is InChI=1S/C6H9N/c1-3-6(4-2)5-7/h1,4,6H,2,5,7H2. The summed E-state index contributed by atoms with van der Waals surface area (Å²) in [5, 5.41) is 0. The molecule has 1 heteroatoms. The number of terminal acetylenes is 1. The zero-order valence-corrected chi connectivity index (χ0v) is 4.22. The van der Waals surface area contributed by atoms with Crippen molar-refractivity contribution in [1.82, 2.24) is 0 Å². The number of hydrogen-bond donors (Lipinski definition) is 1.